The predicted octanol–water partition coefficient (Wildman–Crippen LogP) is 3.13. The van der Waals surface area contributed by atoms with E-state index in [0.717, 1.165) is 43.4 Å². The lowest BCUT2D eigenvalue weighted by Crippen LogP contribution is -2.10. The van der Waals surface area contributed by atoms with E-state index in [1.807, 2.05) is 12.1 Å². The van der Waals surface area contributed by atoms with E-state index in [9.17, 15) is 0 Å². The molecule has 106 valence electrons. The first-order chi connectivity index (χ1) is 9.81. The van der Waals surface area contributed by atoms with Gasteiger partial charge in [-0.15, -0.1) is 0 Å². The van der Waals surface area contributed by atoms with E-state index in [1.165, 1.54) is 5.56 Å². The SMILES string of the molecule is CCNc1cc(NCCc2ccccc2)nc(CC)n1. The van der Waals surface area contributed by atoms with Gasteiger partial charge in [-0.2, -0.15) is 0 Å². The van der Waals surface area contributed by atoms with Crippen molar-refractivity contribution in [1.29, 1.82) is 0 Å². The Morgan fingerprint density at radius 1 is 0.950 bits per heavy atom. The molecule has 1 aromatic carbocycles. The van der Waals surface area contributed by atoms with Crippen molar-refractivity contribution < 1.29 is 0 Å². The number of nitrogens with one attached hydrogen (secondary N) is 2. The summed E-state index contributed by atoms with van der Waals surface area (Å²) in [4.78, 5) is 8.95. The van der Waals surface area contributed by atoms with Crippen LogP contribution in [-0.4, -0.2) is 23.1 Å². The fraction of sp³-hybridized carbons (Fsp3) is 0.375. The van der Waals surface area contributed by atoms with Crippen molar-refractivity contribution in [3.8, 4) is 0 Å². The number of nitrogens with zero attached hydrogens (tertiary/aromatic N) is 2. The molecule has 20 heavy (non-hydrogen) atoms. The third-order valence-electron chi connectivity index (χ3n) is 3.01. The fourth-order valence-corrected chi connectivity index (χ4v) is 2.00. The number of benzene rings is 1. The summed E-state index contributed by atoms with van der Waals surface area (Å²) in [5.41, 5.74) is 1.33. The number of aryl methyl sites for hydroxylation is 1. The Morgan fingerprint density at radius 2 is 1.65 bits per heavy atom. The molecular formula is C16H22N4. The second kappa shape index (κ2) is 7.48. The van der Waals surface area contributed by atoms with Gasteiger partial charge in [0.05, 0.1) is 0 Å². The van der Waals surface area contributed by atoms with Gasteiger partial charge < -0.3 is 10.6 Å². The Labute approximate surface area is 120 Å². The van der Waals surface area contributed by atoms with Crippen LogP contribution in [0.1, 0.15) is 25.2 Å². The zero-order valence-electron chi connectivity index (χ0n) is 12.2. The van der Waals surface area contributed by atoms with Crippen LogP contribution >= 0.6 is 0 Å². The highest BCUT2D eigenvalue weighted by Gasteiger charge is 2.02. The Balaban J connectivity index is 1.96. The van der Waals surface area contributed by atoms with Crippen LogP contribution in [0.3, 0.4) is 0 Å². The monoisotopic (exact) mass is 270 g/mol. The largest absolute Gasteiger partial charge is 0.370 e. The van der Waals surface area contributed by atoms with Crippen molar-refractivity contribution in [3.05, 3.63) is 47.8 Å². The van der Waals surface area contributed by atoms with Crippen molar-refractivity contribution in [2.45, 2.75) is 26.7 Å². The standard InChI is InChI=1S/C16H22N4/c1-3-14-19-15(17-4-2)12-16(20-14)18-11-10-13-8-6-5-7-9-13/h5-9,12H,3-4,10-11H2,1-2H3,(H2,17,18,19,20). The Bertz CT molecular complexity index is 525. The van der Waals surface area contributed by atoms with Crippen LogP contribution in [0.15, 0.2) is 36.4 Å². The quantitative estimate of drug-likeness (QED) is 0.811. The lowest BCUT2D eigenvalue weighted by Gasteiger charge is -2.10. The predicted molar refractivity (Wildman–Crippen MR) is 84.2 cm³/mol. The summed E-state index contributed by atoms with van der Waals surface area (Å²) in [5.74, 6) is 2.65. The summed E-state index contributed by atoms with van der Waals surface area (Å²) in [6.45, 7) is 5.87. The van der Waals surface area contributed by atoms with Crippen molar-refractivity contribution in [2.24, 2.45) is 0 Å². The third kappa shape index (κ3) is 4.23. The van der Waals surface area contributed by atoms with E-state index in [-0.39, 0.29) is 0 Å². The molecule has 0 aliphatic rings. The number of hydrogen-bond acceptors (Lipinski definition) is 4. The van der Waals surface area contributed by atoms with Crippen LogP contribution in [0, 0.1) is 0 Å². The molecule has 0 saturated carbocycles. The highest BCUT2D eigenvalue weighted by molar-refractivity contribution is 5.47. The summed E-state index contributed by atoms with van der Waals surface area (Å²) in [6, 6.07) is 12.4. The molecule has 0 radical (unpaired) electrons. The van der Waals surface area contributed by atoms with Crippen LogP contribution < -0.4 is 10.6 Å². The number of rotatable bonds is 7. The van der Waals surface area contributed by atoms with E-state index in [0.29, 0.717) is 0 Å². The van der Waals surface area contributed by atoms with Crippen molar-refractivity contribution in [2.75, 3.05) is 23.7 Å². The van der Waals surface area contributed by atoms with Gasteiger partial charge in [0.1, 0.15) is 17.5 Å². The molecule has 2 aromatic rings. The van der Waals surface area contributed by atoms with Gasteiger partial charge in [-0.1, -0.05) is 37.3 Å². The lowest BCUT2D eigenvalue weighted by molar-refractivity contribution is 0.922. The minimum absolute atomic E-state index is 0.840. The van der Waals surface area contributed by atoms with E-state index >= 15 is 0 Å². The van der Waals surface area contributed by atoms with E-state index in [1.54, 1.807) is 0 Å². The molecular weight excluding hydrogens is 248 g/mol. The van der Waals surface area contributed by atoms with Crippen LogP contribution in [0.4, 0.5) is 11.6 Å². The van der Waals surface area contributed by atoms with E-state index < -0.39 is 0 Å². The number of aromatic nitrogens is 2. The molecule has 0 saturated heterocycles. The van der Waals surface area contributed by atoms with Gasteiger partial charge in [0.2, 0.25) is 0 Å². The molecule has 0 unspecified atom stereocenters. The summed E-state index contributed by atoms with van der Waals surface area (Å²) in [6.07, 6.45) is 1.83. The third-order valence-corrected chi connectivity index (χ3v) is 3.01. The molecule has 0 atom stereocenters. The van der Waals surface area contributed by atoms with Crippen LogP contribution in [0.2, 0.25) is 0 Å². The van der Waals surface area contributed by atoms with Gasteiger partial charge in [-0.3, -0.25) is 0 Å². The second-order valence-corrected chi connectivity index (χ2v) is 4.60. The first-order valence-electron chi connectivity index (χ1n) is 7.21. The molecule has 2 N–H and O–H groups in total. The molecule has 4 heteroatoms. The van der Waals surface area contributed by atoms with Gasteiger partial charge in [-0.05, 0) is 18.9 Å². The van der Waals surface area contributed by atoms with Gasteiger partial charge in [-0.25, -0.2) is 9.97 Å². The molecule has 1 heterocycles. The Hall–Kier alpha value is -2.10. The zero-order valence-corrected chi connectivity index (χ0v) is 12.2. The molecule has 0 spiro atoms. The minimum atomic E-state index is 0.840. The second-order valence-electron chi connectivity index (χ2n) is 4.60. The van der Waals surface area contributed by atoms with E-state index in [4.69, 9.17) is 0 Å². The molecule has 1 aromatic heterocycles. The summed E-state index contributed by atoms with van der Waals surface area (Å²) in [7, 11) is 0. The minimum Gasteiger partial charge on any atom is -0.370 e. The Morgan fingerprint density at radius 3 is 2.30 bits per heavy atom. The van der Waals surface area contributed by atoms with Gasteiger partial charge in [0, 0.05) is 25.6 Å². The van der Waals surface area contributed by atoms with Crippen LogP contribution in [0.5, 0.6) is 0 Å². The fourth-order valence-electron chi connectivity index (χ4n) is 2.00. The van der Waals surface area contributed by atoms with E-state index in [2.05, 4.69) is 58.7 Å². The summed E-state index contributed by atoms with van der Waals surface area (Å²) >= 11 is 0. The average Bonchev–Trinajstić information content (AvgIpc) is 2.48. The first kappa shape index (κ1) is 14.3. The zero-order chi connectivity index (χ0) is 14.2. The molecule has 0 amide bonds. The number of hydrogen-bond donors (Lipinski definition) is 2. The summed E-state index contributed by atoms with van der Waals surface area (Å²) in [5, 5.41) is 6.62. The first-order valence-corrected chi connectivity index (χ1v) is 7.21. The molecule has 0 bridgehead atoms. The Kier molecular flexibility index (Phi) is 5.35. The average molecular weight is 270 g/mol. The molecule has 2 rings (SSSR count). The topological polar surface area (TPSA) is 49.8 Å². The van der Waals surface area contributed by atoms with Crippen molar-refractivity contribution in [3.63, 3.8) is 0 Å². The maximum atomic E-state index is 4.50. The van der Waals surface area contributed by atoms with Gasteiger partial charge in [0.25, 0.3) is 0 Å². The maximum Gasteiger partial charge on any atom is 0.132 e. The summed E-state index contributed by atoms with van der Waals surface area (Å²) < 4.78 is 0. The lowest BCUT2D eigenvalue weighted by atomic mass is 10.1. The van der Waals surface area contributed by atoms with Crippen molar-refractivity contribution >= 4 is 11.6 Å². The van der Waals surface area contributed by atoms with Crippen LogP contribution in [0.25, 0.3) is 0 Å². The van der Waals surface area contributed by atoms with Crippen LogP contribution in [-0.2, 0) is 12.8 Å². The molecule has 0 aliphatic carbocycles. The number of anilines is 2. The molecule has 0 aliphatic heterocycles. The highest BCUT2D eigenvalue weighted by Crippen LogP contribution is 2.12. The normalized spacial score (nSPS) is 10.3. The van der Waals surface area contributed by atoms with Gasteiger partial charge >= 0.3 is 0 Å². The smallest absolute Gasteiger partial charge is 0.132 e. The van der Waals surface area contributed by atoms with Gasteiger partial charge in [0.15, 0.2) is 0 Å². The molecule has 0 fully saturated rings. The van der Waals surface area contributed by atoms with Crippen molar-refractivity contribution in [1.82, 2.24) is 9.97 Å². The highest BCUT2D eigenvalue weighted by atomic mass is 15.1. The molecule has 4 nitrogen and oxygen atoms in total. The maximum absolute atomic E-state index is 4.50.